The Labute approximate surface area is 225 Å². The zero-order chi connectivity index (χ0) is 26.3. The van der Waals surface area contributed by atoms with Crippen LogP contribution in [0.5, 0.6) is 5.88 Å². The van der Waals surface area contributed by atoms with E-state index in [9.17, 15) is 9.90 Å². The second kappa shape index (κ2) is 8.21. The molecule has 0 bridgehead atoms. The van der Waals surface area contributed by atoms with Gasteiger partial charge in [-0.15, -0.1) is 34.0 Å². The van der Waals surface area contributed by atoms with E-state index in [-0.39, 0.29) is 17.3 Å². The number of hydrogen-bond donors (Lipinski definition) is 4. The van der Waals surface area contributed by atoms with Gasteiger partial charge in [-0.3, -0.25) is 4.79 Å². The number of carbonyl (C=O) groups excluding carboxylic acids is 1. The third-order valence-electron chi connectivity index (χ3n) is 6.42. The number of amides is 1. The molecule has 5 aromatic rings. The summed E-state index contributed by atoms with van der Waals surface area (Å²) in [4.78, 5) is 26.6. The van der Waals surface area contributed by atoms with Crippen molar-refractivity contribution in [2.45, 2.75) is 38.8 Å². The van der Waals surface area contributed by atoms with E-state index in [1.54, 1.807) is 22.7 Å². The molecule has 6 nitrogen and oxygen atoms in total. The van der Waals surface area contributed by atoms with Crippen molar-refractivity contribution in [1.29, 1.82) is 0 Å². The van der Waals surface area contributed by atoms with Crippen LogP contribution in [0.4, 0.5) is 0 Å². The Hall–Kier alpha value is -3.08. The van der Waals surface area contributed by atoms with Crippen LogP contribution in [-0.2, 0) is 15.9 Å². The number of aromatic nitrogens is 1. The molecule has 0 unspecified atom stereocenters. The molecule has 0 fully saturated rings. The fraction of sp³-hybridized carbons (Fsp3) is 0.214. The first-order chi connectivity index (χ1) is 17.4. The van der Waals surface area contributed by atoms with Gasteiger partial charge in [0.2, 0.25) is 0 Å². The summed E-state index contributed by atoms with van der Waals surface area (Å²) < 4.78 is 0. The predicted octanol–water partition coefficient (Wildman–Crippen LogP) is 5.14. The van der Waals surface area contributed by atoms with Crippen LogP contribution < -0.4 is 22.0 Å². The van der Waals surface area contributed by atoms with Crippen LogP contribution in [0.2, 0.25) is 0 Å². The van der Waals surface area contributed by atoms with Gasteiger partial charge in [0, 0.05) is 56.5 Å². The van der Waals surface area contributed by atoms with Gasteiger partial charge in [-0.1, -0.05) is 0 Å². The highest BCUT2D eigenvalue weighted by molar-refractivity contribution is 7.24. The largest absolute Gasteiger partial charge is 0.494 e. The van der Waals surface area contributed by atoms with E-state index in [1.807, 2.05) is 58.0 Å². The van der Waals surface area contributed by atoms with Crippen LogP contribution >= 0.6 is 34.0 Å². The summed E-state index contributed by atoms with van der Waals surface area (Å²) in [5.41, 5.74) is 13.7. The van der Waals surface area contributed by atoms with Gasteiger partial charge in [-0.25, -0.2) is 4.99 Å². The highest BCUT2D eigenvalue weighted by Crippen LogP contribution is 2.44. The van der Waals surface area contributed by atoms with Crippen molar-refractivity contribution in [1.82, 2.24) is 4.98 Å². The maximum atomic E-state index is 13.0. The minimum absolute atomic E-state index is 0.0956. The first kappa shape index (κ1) is 24.3. The van der Waals surface area contributed by atoms with Crippen molar-refractivity contribution in [2.75, 3.05) is 0 Å². The third kappa shape index (κ3) is 4.07. The van der Waals surface area contributed by atoms with Crippen LogP contribution in [0.3, 0.4) is 0 Å². The number of hydrogen-bond acceptors (Lipinski definition) is 7. The zero-order valence-electron chi connectivity index (χ0n) is 20.8. The molecule has 1 aliphatic rings. The lowest BCUT2D eigenvalue weighted by atomic mass is 10.1. The highest BCUT2D eigenvalue weighted by Gasteiger charge is 2.25. The number of nitrogens with one attached hydrogen (secondary N) is 1. The molecule has 5 heterocycles. The van der Waals surface area contributed by atoms with Crippen LogP contribution in [0.1, 0.15) is 42.3 Å². The molecule has 1 aliphatic heterocycles. The maximum Gasteiger partial charge on any atom is 0.279 e. The van der Waals surface area contributed by atoms with Gasteiger partial charge in [0.25, 0.3) is 5.91 Å². The van der Waals surface area contributed by atoms with Gasteiger partial charge >= 0.3 is 0 Å². The predicted molar refractivity (Wildman–Crippen MR) is 154 cm³/mol. The number of H-pyrrole nitrogens is 1. The molecule has 0 saturated heterocycles. The molecule has 4 aromatic heterocycles. The second-order valence-corrected chi connectivity index (χ2v) is 13.7. The van der Waals surface area contributed by atoms with Crippen molar-refractivity contribution >= 4 is 56.4 Å². The summed E-state index contributed by atoms with van der Waals surface area (Å²) in [7, 11) is 0. The summed E-state index contributed by atoms with van der Waals surface area (Å²) >= 11 is 4.80. The molecular formula is C28H26N4O2S3. The van der Waals surface area contributed by atoms with Gasteiger partial charge in [0.1, 0.15) is 0 Å². The fourth-order valence-electron chi connectivity index (χ4n) is 4.52. The topological polar surface area (TPSA) is 117 Å². The molecule has 0 atom stereocenters. The van der Waals surface area contributed by atoms with E-state index >= 15 is 0 Å². The van der Waals surface area contributed by atoms with E-state index in [0.29, 0.717) is 16.5 Å². The number of carbonyl (C=O) groups is 1. The van der Waals surface area contributed by atoms with Crippen molar-refractivity contribution in [2.24, 2.45) is 16.5 Å². The van der Waals surface area contributed by atoms with Crippen LogP contribution in [0, 0.1) is 0 Å². The molecule has 0 aliphatic carbocycles. The van der Waals surface area contributed by atoms with Crippen molar-refractivity contribution in [3.8, 4) is 26.1 Å². The summed E-state index contributed by atoms with van der Waals surface area (Å²) in [5.74, 6) is -0.162. The number of thiophene rings is 3. The Bertz CT molecular complexity index is 1840. The molecule has 6 N–H and O–H groups in total. The number of fused-ring (bicyclic) bond motifs is 2. The average molecular weight is 547 g/mol. The second-order valence-electron chi connectivity index (χ2n) is 10.5. The molecule has 1 amide bonds. The minimum Gasteiger partial charge on any atom is -0.494 e. The highest BCUT2D eigenvalue weighted by atomic mass is 32.1. The van der Waals surface area contributed by atoms with E-state index in [2.05, 4.69) is 28.2 Å². The van der Waals surface area contributed by atoms with Crippen LogP contribution in [0.15, 0.2) is 53.5 Å². The summed E-state index contributed by atoms with van der Waals surface area (Å²) in [6, 6.07) is 16.0. The molecule has 37 heavy (non-hydrogen) atoms. The Morgan fingerprint density at radius 3 is 2.03 bits per heavy atom. The number of aromatic hydroxyl groups is 1. The average Bonchev–Trinajstić information content (AvgIpc) is 3.59. The van der Waals surface area contributed by atoms with Gasteiger partial charge < -0.3 is 21.6 Å². The van der Waals surface area contributed by atoms with Crippen molar-refractivity contribution in [3.63, 3.8) is 0 Å². The quantitative estimate of drug-likeness (QED) is 0.244. The Kier molecular flexibility index (Phi) is 5.38. The van der Waals surface area contributed by atoms with E-state index < -0.39 is 5.54 Å². The molecule has 1 aromatic carbocycles. The number of nitrogens with two attached hydrogens (primary N) is 2. The molecule has 0 radical (unpaired) electrons. The Morgan fingerprint density at radius 1 is 0.811 bits per heavy atom. The van der Waals surface area contributed by atoms with E-state index in [1.165, 1.54) is 11.3 Å². The molecular weight excluding hydrogens is 521 g/mol. The summed E-state index contributed by atoms with van der Waals surface area (Å²) in [6.45, 7) is 7.89. The molecule has 188 valence electrons. The first-order valence-corrected chi connectivity index (χ1v) is 14.3. The number of benzene rings is 1. The zero-order valence-corrected chi connectivity index (χ0v) is 23.3. The Morgan fingerprint density at radius 2 is 1.38 bits per heavy atom. The molecule has 0 spiro atoms. The van der Waals surface area contributed by atoms with Gasteiger partial charge in [0.15, 0.2) is 5.88 Å². The van der Waals surface area contributed by atoms with Crippen LogP contribution in [0.25, 0.3) is 36.7 Å². The van der Waals surface area contributed by atoms with Crippen molar-refractivity contribution in [3.05, 3.63) is 73.7 Å². The van der Waals surface area contributed by atoms with Gasteiger partial charge in [-0.05, 0) is 76.2 Å². The fourth-order valence-corrected chi connectivity index (χ4v) is 7.77. The smallest absolute Gasteiger partial charge is 0.279 e. The van der Waals surface area contributed by atoms with E-state index in [0.717, 1.165) is 45.4 Å². The number of nitrogens with zero attached hydrogens (tertiary/aromatic N) is 1. The lowest BCUT2D eigenvalue weighted by Gasteiger charge is -2.15. The minimum atomic E-state index is -0.486. The normalized spacial score (nSPS) is 14.0. The van der Waals surface area contributed by atoms with E-state index in [4.69, 9.17) is 11.5 Å². The number of rotatable bonds is 5. The first-order valence-electron chi connectivity index (χ1n) is 11.8. The van der Waals surface area contributed by atoms with Crippen LogP contribution in [-0.4, -0.2) is 16.0 Å². The SMILES string of the molecule is CC(C)(N)c1ccc(C2=c3cc4[nH]c(O)c(-c5ccc(-c6ccc(C(C)(C)N)s6)s5)c4cc3=NC2=O)s1. The standard InChI is InChI=1S/C28H26N4O2S3/c1-27(2,29)21-9-7-18(36-21)17-5-6-19(35-17)23-13-11-16-14(12-15(13)31-25(23)33)24(26(34)32-16)20-8-10-22(37-20)28(3,4)30/h5-12,31,33H,29-30H2,1-4H3. The monoisotopic (exact) mass is 546 g/mol. The third-order valence-corrected chi connectivity index (χ3v) is 10.6. The lowest BCUT2D eigenvalue weighted by Crippen LogP contribution is -2.27. The van der Waals surface area contributed by atoms with Gasteiger partial charge in [-0.2, -0.15) is 0 Å². The van der Waals surface area contributed by atoms with Gasteiger partial charge in [0.05, 0.1) is 16.5 Å². The molecule has 9 heteroatoms. The molecule has 6 rings (SSSR count). The summed E-state index contributed by atoms with van der Waals surface area (Å²) in [5, 5.41) is 13.1. The summed E-state index contributed by atoms with van der Waals surface area (Å²) in [6.07, 6.45) is 0. The van der Waals surface area contributed by atoms with Crippen molar-refractivity contribution < 1.29 is 9.90 Å². The lowest BCUT2D eigenvalue weighted by molar-refractivity contribution is -0.112. The number of aromatic amines is 1. The Balaban J connectivity index is 1.46. The molecule has 0 saturated carbocycles. The maximum absolute atomic E-state index is 13.0.